The molecule has 0 aliphatic carbocycles. The van der Waals surface area contributed by atoms with E-state index in [0.29, 0.717) is 0 Å². The first kappa shape index (κ1) is 15.4. The number of alkyl halides is 3. The number of halogens is 3. The number of hydrogen-bond donors (Lipinski definition) is 1. The molecule has 2 rings (SSSR count). The molecule has 1 nitrogen and oxygen atoms in total. The summed E-state index contributed by atoms with van der Waals surface area (Å²) in [6.45, 7) is 4.95. The first-order valence-electron chi connectivity index (χ1n) is 6.20. The monoisotopic (exact) mass is 335 g/mol. The van der Waals surface area contributed by atoms with Gasteiger partial charge < -0.3 is 5.32 Å². The molecule has 0 saturated carbocycles. The highest BCUT2D eigenvalue weighted by molar-refractivity contribution is 7.17. The Balaban J connectivity index is 2.41. The average molecular weight is 337 g/mol. The normalized spacial score (nSPS) is 15.6. The molecular weight excluding hydrogens is 321 g/mol. The van der Waals surface area contributed by atoms with Gasteiger partial charge in [-0.05, 0) is 48.0 Å². The van der Waals surface area contributed by atoms with Crippen molar-refractivity contribution in [3.05, 3.63) is 35.2 Å². The lowest BCUT2D eigenvalue weighted by atomic mass is 9.93. The highest BCUT2D eigenvalue weighted by atomic mass is 35.6. The van der Waals surface area contributed by atoms with Gasteiger partial charge in [-0.3, -0.25) is 0 Å². The Morgan fingerprint density at radius 2 is 2.00 bits per heavy atom. The molecule has 2 atom stereocenters. The van der Waals surface area contributed by atoms with Crippen molar-refractivity contribution in [2.24, 2.45) is 0 Å². The first-order valence-corrected chi connectivity index (χ1v) is 8.22. The second-order valence-corrected chi connectivity index (χ2v) is 7.90. The van der Waals surface area contributed by atoms with Crippen molar-refractivity contribution < 1.29 is 0 Å². The Morgan fingerprint density at radius 3 is 2.63 bits per heavy atom. The van der Waals surface area contributed by atoms with Gasteiger partial charge in [-0.2, -0.15) is 0 Å². The number of rotatable bonds is 4. The smallest absolute Gasteiger partial charge is 0.198 e. The summed E-state index contributed by atoms with van der Waals surface area (Å²) in [7, 11) is 0. The Hall–Kier alpha value is 0.01000. The third-order valence-electron chi connectivity index (χ3n) is 3.21. The van der Waals surface area contributed by atoms with Crippen LogP contribution in [0, 0.1) is 0 Å². The largest absolute Gasteiger partial charge is 0.314 e. The first-order chi connectivity index (χ1) is 8.93. The van der Waals surface area contributed by atoms with Crippen LogP contribution in [-0.2, 0) is 0 Å². The molecule has 0 amide bonds. The van der Waals surface area contributed by atoms with Gasteiger partial charge in [0.25, 0.3) is 0 Å². The highest BCUT2D eigenvalue weighted by Crippen LogP contribution is 2.44. The fourth-order valence-electron chi connectivity index (χ4n) is 2.38. The van der Waals surface area contributed by atoms with Crippen LogP contribution in [0.4, 0.5) is 0 Å². The highest BCUT2D eigenvalue weighted by Gasteiger charge is 2.37. The average Bonchev–Trinajstić information content (AvgIpc) is 2.74. The fourth-order valence-corrected chi connectivity index (χ4v) is 4.10. The van der Waals surface area contributed by atoms with Crippen molar-refractivity contribution in [3.8, 4) is 0 Å². The summed E-state index contributed by atoms with van der Waals surface area (Å²) in [5, 5.41) is 6.62. The van der Waals surface area contributed by atoms with Crippen LogP contribution in [0.5, 0.6) is 0 Å². The Morgan fingerprint density at radius 1 is 1.26 bits per heavy atom. The predicted molar refractivity (Wildman–Crippen MR) is 88.0 cm³/mol. The molecule has 1 N–H and O–H groups in total. The van der Waals surface area contributed by atoms with Crippen LogP contribution < -0.4 is 5.32 Å². The molecule has 2 aromatic rings. The summed E-state index contributed by atoms with van der Waals surface area (Å²) >= 11 is 20.3. The molecule has 0 bridgehead atoms. The molecule has 0 fully saturated rings. The number of thiophene rings is 1. The summed E-state index contributed by atoms with van der Waals surface area (Å²) in [5.41, 5.74) is 1.05. The zero-order chi connectivity index (χ0) is 14.0. The zero-order valence-corrected chi connectivity index (χ0v) is 13.9. The van der Waals surface area contributed by atoms with Crippen molar-refractivity contribution >= 4 is 56.2 Å². The molecule has 1 aromatic carbocycles. The lowest BCUT2D eigenvalue weighted by Crippen LogP contribution is -2.38. The maximum Gasteiger partial charge on any atom is 0.198 e. The van der Waals surface area contributed by atoms with E-state index in [2.05, 4.69) is 35.0 Å². The second-order valence-electron chi connectivity index (χ2n) is 4.58. The Bertz CT molecular complexity index is 547. The van der Waals surface area contributed by atoms with Gasteiger partial charge >= 0.3 is 0 Å². The van der Waals surface area contributed by atoms with Crippen LogP contribution in [0.25, 0.3) is 10.1 Å². The van der Waals surface area contributed by atoms with Gasteiger partial charge in [0.2, 0.25) is 0 Å². The summed E-state index contributed by atoms with van der Waals surface area (Å²) in [6, 6.07) is 8.45. The van der Waals surface area contributed by atoms with E-state index < -0.39 is 3.79 Å². The molecule has 5 heteroatoms. The Labute approximate surface area is 132 Å². The molecule has 0 spiro atoms. The minimum Gasteiger partial charge on any atom is -0.314 e. The van der Waals surface area contributed by atoms with E-state index in [0.717, 1.165) is 12.1 Å². The maximum atomic E-state index is 6.18. The number of nitrogens with one attached hydrogen (secondary N) is 1. The Kier molecular flexibility index (Phi) is 5.02. The topological polar surface area (TPSA) is 12.0 Å². The van der Waals surface area contributed by atoms with Crippen molar-refractivity contribution in [1.29, 1.82) is 0 Å². The molecular formula is C14H16Cl3NS. The van der Waals surface area contributed by atoms with E-state index in [4.69, 9.17) is 34.8 Å². The number of benzene rings is 1. The third-order valence-corrected chi connectivity index (χ3v) is 4.82. The molecule has 0 saturated heterocycles. The predicted octanol–water partition coefficient (Wildman–Crippen LogP) is 5.35. The van der Waals surface area contributed by atoms with Gasteiger partial charge in [-0.15, -0.1) is 11.3 Å². The zero-order valence-electron chi connectivity index (χ0n) is 10.8. The molecule has 0 aliphatic heterocycles. The van der Waals surface area contributed by atoms with Crippen molar-refractivity contribution in [2.45, 2.75) is 29.6 Å². The molecule has 104 valence electrons. The van der Waals surface area contributed by atoms with Crippen LogP contribution >= 0.6 is 46.1 Å². The van der Waals surface area contributed by atoms with Crippen molar-refractivity contribution in [3.63, 3.8) is 0 Å². The van der Waals surface area contributed by atoms with Gasteiger partial charge in [-0.1, -0.05) is 47.8 Å². The lowest BCUT2D eigenvalue weighted by molar-refractivity contribution is 0.474. The SMILES string of the molecule is CCNC(C)C(c1ccc2sccc2c1)C(Cl)(Cl)Cl. The summed E-state index contributed by atoms with van der Waals surface area (Å²) < 4.78 is -0.0754. The minimum atomic E-state index is -1.33. The standard InChI is InChI=1S/C14H16Cl3NS/c1-3-18-9(2)13(14(15,16)17)11-4-5-12-10(8-11)6-7-19-12/h4-9,13,18H,3H2,1-2H3. The molecule has 2 unspecified atom stereocenters. The van der Waals surface area contributed by atoms with Crippen LogP contribution in [-0.4, -0.2) is 16.4 Å². The van der Waals surface area contributed by atoms with Gasteiger partial charge in [-0.25, -0.2) is 0 Å². The van der Waals surface area contributed by atoms with E-state index in [1.807, 2.05) is 13.8 Å². The minimum absolute atomic E-state index is 0.0913. The van der Waals surface area contributed by atoms with Crippen LogP contribution in [0.15, 0.2) is 29.6 Å². The lowest BCUT2D eigenvalue weighted by Gasteiger charge is -2.31. The van der Waals surface area contributed by atoms with Crippen LogP contribution in [0.2, 0.25) is 0 Å². The fraction of sp³-hybridized carbons (Fsp3) is 0.429. The molecule has 0 radical (unpaired) electrons. The van der Waals surface area contributed by atoms with E-state index >= 15 is 0 Å². The van der Waals surface area contributed by atoms with E-state index in [1.165, 1.54) is 10.1 Å². The third kappa shape index (κ3) is 3.56. The van der Waals surface area contributed by atoms with Gasteiger partial charge in [0, 0.05) is 16.7 Å². The molecule has 19 heavy (non-hydrogen) atoms. The van der Waals surface area contributed by atoms with Crippen LogP contribution in [0.3, 0.4) is 0 Å². The van der Waals surface area contributed by atoms with E-state index in [9.17, 15) is 0 Å². The summed E-state index contributed by atoms with van der Waals surface area (Å²) in [4.78, 5) is 0. The number of fused-ring (bicyclic) bond motifs is 1. The summed E-state index contributed by atoms with van der Waals surface area (Å²) in [5.74, 6) is -0.179. The van der Waals surface area contributed by atoms with E-state index in [1.54, 1.807) is 11.3 Å². The number of likely N-dealkylation sites (N-methyl/N-ethyl adjacent to an activating group) is 1. The number of hydrogen-bond acceptors (Lipinski definition) is 2. The molecule has 1 aromatic heterocycles. The van der Waals surface area contributed by atoms with Gasteiger partial charge in [0.1, 0.15) is 0 Å². The molecule has 1 heterocycles. The van der Waals surface area contributed by atoms with Crippen LogP contribution in [0.1, 0.15) is 25.3 Å². The van der Waals surface area contributed by atoms with Crippen molar-refractivity contribution in [1.82, 2.24) is 5.32 Å². The van der Waals surface area contributed by atoms with Crippen molar-refractivity contribution in [2.75, 3.05) is 6.54 Å². The van der Waals surface area contributed by atoms with Gasteiger partial charge in [0.05, 0.1) is 0 Å². The van der Waals surface area contributed by atoms with Gasteiger partial charge in [0.15, 0.2) is 3.79 Å². The summed E-state index contributed by atoms with van der Waals surface area (Å²) in [6.07, 6.45) is 0. The molecule has 0 aliphatic rings. The van der Waals surface area contributed by atoms with E-state index in [-0.39, 0.29) is 12.0 Å². The maximum absolute atomic E-state index is 6.18. The second kappa shape index (κ2) is 6.19. The quantitative estimate of drug-likeness (QED) is 0.742.